The molecule has 2 aliphatic carbocycles. The zero-order valence-corrected chi connectivity index (χ0v) is 14.5. The van der Waals surface area contributed by atoms with Gasteiger partial charge in [-0.1, -0.05) is 0 Å². The van der Waals surface area contributed by atoms with E-state index in [-0.39, 0.29) is 37.2 Å². The van der Waals surface area contributed by atoms with Crippen LogP contribution in [0, 0.1) is 0 Å². The summed E-state index contributed by atoms with van der Waals surface area (Å²) in [4.78, 5) is 0. The summed E-state index contributed by atoms with van der Waals surface area (Å²) in [5.41, 5.74) is 6.81. The molecule has 4 heteroatoms. The predicted molar refractivity (Wildman–Crippen MR) is 56.9 cm³/mol. The van der Waals surface area contributed by atoms with Gasteiger partial charge in [-0.3, -0.25) is 0 Å². The molecule has 0 amide bonds. The molecule has 0 spiro atoms. The summed E-state index contributed by atoms with van der Waals surface area (Å²) in [6.45, 7) is 7.07. The van der Waals surface area contributed by atoms with Gasteiger partial charge in [0, 0.05) is 0 Å². The van der Waals surface area contributed by atoms with Crippen LogP contribution < -0.4 is 37.2 Å². The summed E-state index contributed by atoms with van der Waals surface area (Å²) >= 11 is 2.42. The van der Waals surface area contributed by atoms with Crippen molar-refractivity contribution < 1.29 is 57.7 Å². The van der Waals surface area contributed by atoms with Crippen molar-refractivity contribution in [3.8, 4) is 0 Å². The van der Waals surface area contributed by atoms with Crippen LogP contribution in [0.1, 0.15) is 52.9 Å². The van der Waals surface area contributed by atoms with Gasteiger partial charge in [-0.05, 0) is 0 Å². The number of allylic oxidation sites excluding steroid dienone is 4. The maximum atomic E-state index is 2.42. The normalized spacial score (nSPS) is 26.9. The van der Waals surface area contributed by atoms with Crippen LogP contribution in [-0.4, -0.2) is 0 Å². The molecule has 0 bridgehead atoms. The van der Waals surface area contributed by atoms with E-state index in [2.05, 4.69) is 41.2 Å². The Labute approximate surface area is 136 Å². The van der Waals surface area contributed by atoms with Crippen molar-refractivity contribution in [2.75, 3.05) is 0 Å². The minimum atomic E-state index is 0. The molecule has 0 aromatic carbocycles. The first-order valence-electron chi connectivity index (χ1n) is 5.77. The van der Waals surface area contributed by atoms with Gasteiger partial charge in [0.15, 0.2) is 0 Å². The third-order valence-corrected chi connectivity index (χ3v) is 4.88. The summed E-state index contributed by atoms with van der Waals surface area (Å²) in [7, 11) is 0. The largest absolute Gasteiger partial charge is 1.00 e. The van der Waals surface area contributed by atoms with Crippen molar-refractivity contribution in [1.82, 2.24) is 0 Å². The summed E-state index contributed by atoms with van der Waals surface area (Å²) in [5, 5.41) is 0. The molecule has 0 aliphatic heterocycles. The average molecular weight is 330 g/mol. The molecule has 0 aromatic heterocycles. The SMILES string of the molecule is CCC1=C(C)C2=C(CCCC2)[C]1(C)[Ti+3].[Cl-].[Cl-].[Cl-]. The van der Waals surface area contributed by atoms with Crippen molar-refractivity contribution in [1.29, 1.82) is 0 Å². The van der Waals surface area contributed by atoms with E-state index in [1.54, 1.807) is 22.3 Å². The smallest absolute Gasteiger partial charge is 1.00 e. The first-order valence-corrected chi connectivity index (χ1v) is 6.55. The van der Waals surface area contributed by atoms with Gasteiger partial charge in [-0.15, -0.1) is 0 Å². The maximum Gasteiger partial charge on any atom is -1.00 e. The Morgan fingerprint density at radius 1 is 1.12 bits per heavy atom. The van der Waals surface area contributed by atoms with E-state index in [1.807, 2.05) is 0 Å². The molecule has 0 N–H and O–H groups in total. The van der Waals surface area contributed by atoms with E-state index in [1.165, 1.54) is 32.1 Å². The van der Waals surface area contributed by atoms with Crippen LogP contribution >= 0.6 is 0 Å². The van der Waals surface area contributed by atoms with E-state index in [0.717, 1.165) is 0 Å². The Bertz CT molecular complexity index is 330. The van der Waals surface area contributed by atoms with Crippen LogP contribution in [-0.2, 0) is 20.4 Å². The number of rotatable bonds is 1. The first-order chi connectivity index (χ1) is 6.59. The summed E-state index contributed by atoms with van der Waals surface area (Å²) < 4.78 is 0.384. The van der Waals surface area contributed by atoms with E-state index in [9.17, 15) is 0 Å². The van der Waals surface area contributed by atoms with E-state index in [0.29, 0.717) is 3.72 Å². The van der Waals surface area contributed by atoms with Crippen molar-refractivity contribution in [2.45, 2.75) is 56.6 Å². The molecule has 96 valence electrons. The zero-order valence-electron chi connectivity index (χ0n) is 10.7. The van der Waals surface area contributed by atoms with Crippen molar-refractivity contribution >= 4 is 0 Å². The molecule has 0 radical (unpaired) electrons. The summed E-state index contributed by atoms with van der Waals surface area (Å²) in [5.74, 6) is 0. The molecule has 0 fully saturated rings. The van der Waals surface area contributed by atoms with Crippen LogP contribution in [0.5, 0.6) is 0 Å². The minimum absolute atomic E-state index is 0. The van der Waals surface area contributed by atoms with Crippen LogP contribution in [0.3, 0.4) is 0 Å². The van der Waals surface area contributed by atoms with Gasteiger partial charge in [0.05, 0.1) is 0 Å². The third-order valence-electron chi connectivity index (χ3n) is 3.93. The van der Waals surface area contributed by atoms with Crippen molar-refractivity contribution in [2.24, 2.45) is 0 Å². The number of halogens is 3. The fraction of sp³-hybridized carbons (Fsp3) is 0.692. The Morgan fingerprint density at radius 3 is 2.12 bits per heavy atom. The van der Waals surface area contributed by atoms with Crippen molar-refractivity contribution in [3.63, 3.8) is 0 Å². The average Bonchev–Trinajstić information content (AvgIpc) is 2.36. The standard InChI is InChI=1S/C13H19.3ClH.Ti/c1-4-11-9(2)12-7-5-6-8-13(12)10(11)3;;;;/h4-8H2,1-3H3;3*1H;/q;;;;+3/p-3. The fourth-order valence-electron chi connectivity index (χ4n) is 3.23. The predicted octanol–water partition coefficient (Wildman–Crippen LogP) is -4.67. The second kappa shape index (κ2) is 7.60. The minimum Gasteiger partial charge on any atom is -1.00 e. The Balaban J connectivity index is 0. The van der Waals surface area contributed by atoms with Crippen LogP contribution in [0.15, 0.2) is 22.3 Å². The number of hydrogen-bond donors (Lipinski definition) is 0. The molecule has 2 rings (SSSR count). The second-order valence-corrected chi connectivity index (χ2v) is 6.31. The number of hydrogen-bond acceptors (Lipinski definition) is 0. The van der Waals surface area contributed by atoms with Gasteiger partial charge in [-0.25, -0.2) is 0 Å². The second-order valence-electron chi connectivity index (χ2n) is 4.75. The molecular formula is C13H19Cl3Ti. The topological polar surface area (TPSA) is 0 Å². The van der Waals surface area contributed by atoms with Crippen LogP contribution in [0.2, 0.25) is 3.72 Å². The molecule has 0 heterocycles. The van der Waals surface area contributed by atoms with Crippen LogP contribution in [0.25, 0.3) is 0 Å². The van der Waals surface area contributed by atoms with Gasteiger partial charge in [0.25, 0.3) is 0 Å². The Morgan fingerprint density at radius 2 is 1.65 bits per heavy atom. The Hall–Kier alpha value is 1.06. The van der Waals surface area contributed by atoms with Gasteiger partial charge < -0.3 is 37.2 Å². The fourth-order valence-corrected chi connectivity index (χ4v) is 4.23. The van der Waals surface area contributed by atoms with Gasteiger partial charge >= 0.3 is 99.3 Å². The maximum absolute atomic E-state index is 2.42. The molecular weight excluding hydrogens is 310 g/mol. The first kappa shape index (κ1) is 20.4. The Kier molecular flexibility index (Phi) is 9.12. The molecule has 17 heavy (non-hydrogen) atoms. The zero-order chi connectivity index (χ0) is 10.3. The monoisotopic (exact) mass is 328 g/mol. The quantitative estimate of drug-likeness (QED) is 0.425. The van der Waals surface area contributed by atoms with Crippen LogP contribution in [0.4, 0.5) is 0 Å². The molecule has 1 unspecified atom stereocenters. The van der Waals surface area contributed by atoms with Gasteiger partial charge in [-0.2, -0.15) is 0 Å². The summed E-state index contributed by atoms with van der Waals surface area (Å²) in [6.07, 6.45) is 6.74. The molecule has 2 aliphatic rings. The van der Waals surface area contributed by atoms with E-state index >= 15 is 0 Å². The van der Waals surface area contributed by atoms with Crippen molar-refractivity contribution in [3.05, 3.63) is 22.3 Å². The van der Waals surface area contributed by atoms with E-state index < -0.39 is 0 Å². The molecule has 0 nitrogen and oxygen atoms in total. The third kappa shape index (κ3) is 3.34. The molecule has 1 atom stereocenters. The molecule has 0 saturated carbocycles. The summed E-state index contributed by atoms with van der Waals surface area (Å²) in [6, 6.07) is 0. The van der Waals surface area contributed by atoms with Gasteiger partial charge in [0.2, 0.25) is 0 Å². The molecule has 0 aromatic rings. The van der Waals surface area contributed by atoms with Gasteiger partial charge in [0.1, 0.15) is 0 Å². The van der Waals surface area contributed by atoms with E-state index in [4.69, 9.17) is 0 Å². The molecule has 0 saturated heterocycles.